The second-order valence-electron chi connectivity index (χ2n) is 4.58. The molecule has 1 aromatic carbocycles. The van der Waals surface area contributed by atoms with Gasteiger partial charge in [0.25, 0.3) is 0 Å². The van der Waals surface area contributed by atoms with E-state index in [-0.39, 0.29) is 0 Å². The van der Waals surface area contributed by atoms with Crippen molar-refractivity contribution in [2.45, 2.75) is 19.4 Å². The second kappa shape index (κ2) is 5.64. The highest BCUT2D eigenvalue weighted by Gasteiger charge is 2.22. The molecule has 0 saturated heterocycles. The van der Waals surface area contributed by atoms with Crippen molar-refractivity contribution < 1.29 is 14.6 Å². The van der Waals surface area contributed by atoms with Crippen LogP contribution in [0, 0.1) is 0 Å². The molecule has 0 saturated carbocycles. The van der Waals surface area contributed by atoms with Gasteiger partial charge in [0.1, 0.15) is 19.3 Å². The minimum absolute atomic E-state index is 0.497. The van der Waals surface area contributed by atoms with E-state index in [0.717, 1.165) is 16.9 Å². The molecule has 3 rings (SSSR count). The first kappa shape index (κ1) is 13.7. The minimum atomic E-state index is -0.728. The predicted octanol–water partition coefficient (Wildman–Crippen LogP) is 3.82. The molecule has 0 bridgehead atoms. The summed E-state index contributed by atoms with van der Waals surface area (Å²) in [7, 11) is 0. The fourth-order valence-electron chi connectivity index (χ4n) is 2.31. The van der Waals surface area contributed by atoms with Gasteiger partial charge >= 0.3 is 0 Å². The maximum Gasteiger partial charge on any atom is 0.162 e. The van der Waals surface area contributed by atoms with Crippen molar-refractivity contribution in [3.63, 3.8) is 0 Å². The molecule has 1 aliphatic heterocycles. The Morgan fingerprint density at radius 3 is 2.70 bits per heavy atom. The molecule has 3 nitrogen and oxygen atoms in total. The molecule has 106 valence electrons. The summed E-state index contributed by atoms with van der Waals surface area (Å²) in [6.07, 6.45) is 0.159. The molecule has 0 radical (unpaired) electrons. The lowest BCUT2D eigenvalue weighted by Gasteiger charge is -2.21. The highest BCUT2D eigenvalue weighted by atomic mass is 35.5. The maximum atomic E-state index is 10.6. The number of thiophene rings is 1. The first-order chi connectivity index (χ1) is 9.70. The molecule has 0 aliphatic carbocycles. The van der Waals surface area contributed by atoms with E-state index in [4.69, 9.17) is 21.1 Å². The Bertz CT molecular complexity index is 624. The SMILES string of the molecule is CCc1ccsc1C(O)c1cc2c(cc1Cl)OCCO2. The van der Waals surface area contributed by atoms with E-state index in [9.17, 15) is 5.11 Å². The van der Waals surface area contributed by atoms with E-state index < -0.39 is 6.10 Å². The van der Waals surface area contributed by atoms with Crippen LogP contribution in [0.15, 0.2) is 23.6 Å². The molecule has 2 aromatic rings. The van der Waals surface area contributed by atoms with Crippen LogP contribution in [0.4, 0.5) is 0 Å². The van der Waals surface area contributed by atoms with Crippen LogP contribution in [0.5, 0.6) is 11.5 Å². The zero-order valence-corrected chi connectivity index (χ0v) is 12.6. The van der Waals surface area contributed by atoms with Gasteiger partial charge in [-0.2, -0.15) is 0 Å². The van der Waals surface area contributed by atoms with Crippen LogP contribution >= 0.6 is 22.9 Å². The first-order valence-corrected chi connectivity index (χ1v) is 7.79. The molecule has 5 heteroatoms. The van der Waals surface area contributed by atoms with Gasteiger partial charge in [-0.1, -0.05) is 18.5 Å². The first-order valence-electron chi connectivity index (χ1n) is 6.54. The largest absolute Gasteiger partial charge is 0.486 e. The van der Waals surface area contributed by atoms with Gasteiger partial charge < -0.3 is 14.6 Å². The summed E-state index contributed by atoms with van der Waals surface area (Å²) in [6.45, 7) is 3.11. The zero-order valence-electron chi connectivity index (χ0n) is 11.1. The van der Waals surface area contributed by atoms with Crippen molar-refractivity contribution >= 4 is 22.9 Å². The highest BCUT2D eigenvalue weighted by molar-refractivity contribution is 7.10. The van der Waals surface area contributed by atoms with Gasteiger partial charge in [0.15, 0.2) is 11.5 Å². The van der Waals surface area contributed by atoms with E-state index in [2.05, 4.69) is 6.92 Å². The summed E-state index contributed by atoms with van der Waals surface area (Å²) in [6, 6.07) is 5.53. The van der Waals surface area contributed by atoms with Crippen LogP contribution in [0.1, 0.15) is 29.0 Å². The van der Waals surface area contributed by atoms with Crippen LogP contribution in [0.2, 0.25) is 5.02 Å². The Morgan fingerprint density at radius 2 is 2.00 bits per heavy atom. The molecule has 0 amide bonds. The number of aliphatic hydroxyl groups excluding tert-OH is 1. The van der Waals surface area contributed by atoms with E-state index in [0.29, 0.717) is 35.3 Å². The normalized spacial score (nSPS) is 15.2. The Hall–Kier alpha value is -1.23. The molecule has 1 aromatic heterocycles. The Kier molecular flexibility index (Phi) is 3.87. The summed E-state index contributed by atoms with van der Waals surface area (Å²) in [5.41, 5.74) is 1.81. The van der Waals surface area contributed by atoms with Gasteiger partial charge in [-0.15, -0.1) is 11.3 Å². The number of ether oxygens (including phenoxy) is 2. The Balaban J connectivity index is 2.01. The van der Waals surface area contributed by atoms with E-state index >= 15 is 0 Å². The standard InChI is InChI=1S/C15H15ClO3S/c1-2-9-3-6-20-15(9)14(17)10-7-12-13(8-11(10)16)19-5-4-18-12/h3,6-8,14,17H,2,4-5H2,1H3. The van der Waals surface area contributed by atoms with E-state index in [1.165, 1.54) is 0 Å². The molecule has 1 N–H and O–H groups in total. The Labute approximate surface area is 126 Å². The predicted molar refractivity (Wildman–Crippen MR) is 80.2 cm³/mol. The fourth-order valence-corrected chi connectivity index (χ4v) is 3.57. The third kappa shape index (κ3) is 2.39. The third-order valence-electron chi connectivity index (χ3n) is 3.37. The average molecular weight is 311 g/mol. The second-order valence-corrected chi connectivity index (χ2v) is 5.94. The average Bonchev–Trinajstić information content (AvgIpc) is 2.94. The minimum Gasteiger partial charge on any atom is -0.486 e. The summed E-state index contributed by atoms with van der Waals surface area (Å²) in [5, 5.41) is 13.1. The molecular weight excluding hydrogens is 296 g/mol. The number of aryl methyl sites for hydroxylation is 1. The van der Waals surface area contributed by atoms with Crippen molar-refractivity contribution in [3.8, 4) is 11.5 Å². The maximum absolute atomic E-state index is 10.6. The zero-order chi connectivity index (χ0) is 14.1. The van der Waals surface area contributed by atoms with Crippen molar-refractivity contribution in [2.75, 3.05) is 13.2 Å². The lowest BCUT2D eigenvalue weighted by atomic mass is 10.0. The number of hydrogen-bond acceptors (Lipinski definition) is 4. The van der Waals surface area contributed by atoms with Crippen LogP contribution in [0.25, 0.3) is 0 Å². The molecule has 0 spiro atoms. The van der Waals surface area contributed by atoms with Crippen molar-refractivity contribution in [1.82, 2.24) is 0 Å². The van der Waals surface area contributed by atoms with Gasteiger partial charge in [-0.05, 0) is 29.5 Å². The number of aliphatic hydroxyl groups is 1. The molecule has 1 unspecified atom stereocenters. The fraction of sp³-hybridized carbons (Fsp3) is 0.333. The van der Waals surface area contributed by atoms with Crippen LogP contribution in [0.3, 0.4) is 0 Å². The summed E-state index contributed by atoms with van der Waals surface area (Å²) in [5.74, 6) is 1.28. The smallest absolute Gasteiger partial charge is 0.162 e. The van der Waals surface area contributed by atoms with Crippen LogP contribution < -0.4 is 9.47 Å². The van der Waals surface area contributed by atoms with Crippen LogP contribution in [-0.4, -0.2) is 18.3 Å². The van der Waals surface area contributed by atoms with Gasteiger partial charge in [0.05, 0.1) is 5.02 Å². The highest BCUT2D eigenvalue weighted by Crippen LogP contribution is 2.40. The molecular formula is C15H15ClO3S. The Morgan fingerprint density at radius 1 is 1.30 bits per heavy atom. The van der Waals surface area contributed by atoms with Gasteiger partial charge in [0.2, 0.25) is 0 Å². The third-order valence-corrected chi connectivity index (χ3v) is 4.70. The molecule has 1 aliphatic rings. The molecule has 1 atom stereocenters. The van der Waals surface area contributed by atoms with E-state index in [1.54, 1.807) is 23.5 Å². The van der Waals surface area contributed by atoms with Crippen LogP contribution in [-0.2, 0) is 6.42 Å². The van der Waals surface area contributed by atoms with Gasteiger partial charge in [-0.3, -0.25) is 0 Å². The lowest BCUT2D eigenvalue weighted by molar-refractivity contribution is 0.170. The number of benzene rings is 1. The van der Waals surface area contributed by atoms with Crippen molar-refractivity contribution in [1.29, 1.82) is 0 Å². The quantitative estimate of drug-likeness (QED) is 0.936. The number of fused-ring (bicyclic) bond motifs is 1. The molecule has 20 heavy (non-hydrogen) atoms. The summed E-state index contributed by atoms with van der Waals surface area (Å²) >= 11 is 7.82. The topological polar surface area (TPSA) is 38.7 Å². The number of hydrogen-bond donors (Lipinski definition) is 1. The van der Waals surface area contributed by atoms with Crippen molar-refractivity contribution in [2.24, 2.45) is 0 Å². The number of rotatable bonds is 3. The summed E-state index contributed by atoms with van der Waals surface area (Å²) in [4.78, 5) is 0.936. The van der Waals surface area contributed by atoms with E-state index in [1.807, 2.05) is 11.4 Å². The molecule has 0 fully saturated rings. The van der Waals surface area contributed by atoms with Gasteiger partial charge in [-0.25, -0.2) is 0 Å². The number of halogens is 1. The van der Waals surface area contributed by atoms with Gasteiger partial charge in [0, 0.05) is 16.5 Å². The monoisotopic (exact) mass is 310 g/mol. The molecule has 2 heterocycles. The lowest BCUT2D eigenvalue weighted by Crippen LogP contribution is -2.16. The van der Waals surface area contributed by atoms with Crippen molar-refractivity contribution in [3.05, 3.63) is 44.6 Å². The summed E-state index contributed by atoms with van der Waals surface area (Å²) < 4.78 is 11.0.